The van der Waals surface area contributed by atoms with Crippen molar-refractivity contribution in [3.8, 4) is 0 Å². The summed E-state index contributed by atoms with van der Waals surface area (Å²) in [6.07, 6.45) is 0.935. The van der Waals surface area contributed by atoms with Crippen LogP contribution in [-0.2, 0) is 0 Å². The van der Waals surface area contributed by atoms with Crippen LogP contribution in [0.3, 0.4) is 0 Å². The highest BCUT2D eigenvalue weighted by Crippen LogP contribution is 2.19. The van der Waals surface area contributed by atoms with Gasteiger partial charge in [0, 0.05) is 6.07 Å². The van der Waals surface area contributed by atoms with Crippen molar-refractivity contribution in [2.45, 2.75) is 33.2 Å². The third-order valence-corrected chi connectivity index (χ3v) is 3.12. The van der Waals surface area contributed by atoms with Crippen LogP contribution in [0.2, 0.25) is 0 Å². The van der Waals surface area contributed by atoms with E-state index in [0.29, 0.717) is 17.4 Å². The number of aryl methyl sites for hydroxylation is 1. The van der Waals surface area contributed by atoms with Crippen LogP contribution in [0.15, 0.2) is 12.1 Å². The van der Waals surface area contributed by atoms with Crippen LogP contribution in [0.25, 0.3) is 0 Å². The molecule has 0 unspecified atom stereocenters. The van der Waals surface area contributed by atoms with Gasteiger partial charge in [0.1, 0.15) is 11.5 Å². The number of rotatable bonds is 6. The number of pyridine rings is 1. The van der Waals surface area contributed by atoms with E-state index in [1.165, 1.54) is 6.07 Å². The fourth-order valence-electron chi connectivity index (χ4n) is 1.67. The SMILES string of the molecule is CC[C@H](C)[C@H](CO)Nc1ccc([N+](=O)[O-])c(C)n1. The maximum atomic E-state index is 10.7. The van der Waals surface area contributed by atoms with Crippen molar-refractivity contribution >= 4 is 11.5 Å². The maximum Gasteiger partial charge on any atom is 0.290 e. The zero-order chi connectivity index (χ0) is 13.7. The Balaban J connectivity index is 2.85. The first-order chi connectivity index (χ1) is 8.49. The van der Waals surface area contributed by atoms with Gasteiger partial charge < -0.3 is 10.4 Å². The molecule has 2 atom stereocenters. The molecule has 0 amide bonds. The summed E-state index contributed by atoms with van der Waals surface area (Å²) in [5, 5.41) is 23.1. The highest BCUT2D eigenvalue weighted by Gasteiger charge is 2.17. The topological polar surface area (TPSA) is 88.3 Å². The lowest BCUT2D eigenvalue weighted by molar-refractivity contribution is -0.385. The van der Waals surface area contributed by atoms with Crippen molar-refractivity contribution in [3.63, 3.8) is 0 Å². The molecule has 18 heavy (non-hydrogen) atoms. The summed E-state index contributed by atoms with van der Waals surface area (Å²) in [4.78, 5) is 14.4. The molecule has 0 spiro atoms. The number of nitrogens with zero attached hydrogens (tertiary/aromatic N) is 2. The second kappa shape index (κ2) is 6.30. The second-order valence-electron chi connectivity index (χ2n) is 4.38. The fraction of sp³-hybridized carbons (Fsp3) is 0.583. The third-order valence-electron chi connectivity index (χ3n) is 3.12. The van der Waals surface area contributed by atoms with Gasteiger partial charge in [-0.3, -0.25) is 10.1 Å². The molecule has 1 heterocycles. The van der Waals surface area contributed by atoms with Crippen LogP contribution in [0.1, 0.15) is 26.0 Å². The number of hydrogen-bond donors (Lipinski definition) is 2. The molecular weight excluding hydrogens is 234 g/mol. The zero-order valence-corrected chi connectivity index (χ0v) is 10.9. The zero-order valence-electron chi connectivity index (χ0n) is 10.9. The molecule has 0 fully saturated rings. The number of aromatic nitrogens is 1. The van der Waals surface area contributed by atoms with Crippen molar-refractivity contribution in [2.24, 2.45) is 5.92 Å². The van der Waals surface area contributed by atoms with Crippen molar-refractivity contribution in [1.82, 2.24) is 4.98 Å². The first-order valence-corrected chi connectivity index (χ1v) is 5.99. The minimum atomic E-state index is -0.454. The molecular formula is C12H19N3O3. The molecule has 0 bridgehead atoms. The standard InChI is InChI=1S/C12H19N3O3/c1-4-8(2)10(7-16)14-12-6-5-11(15(17)18)9(3)13-12/h5-6,8,10,16H,4,7H2,1-3H3,(H,13,14)/t8-,10-/m0/s1. The van der Waals surface area contributed by atoms with Crippen LogP contribution in [0.5, 0.6) is 0 Å². The molecule has 100 valence electrons. The Labute approximate surface area is 106 Å². The molecule has 1 aromatic heterocycles. The monoisotopic (exact) mass is 253 g/mol. The van der Waals surface area contributed by atoms with Gasteiger partial charge >= 0.3 is 0 Å². The van der Waals surface area contributed by atoms with E-state index in [1.807, 2.05) is 13.8 Å². The predicted octanol–water partition coefficient (Wildman–Crippen LogP) is 2.12. The molecule has 0 aromatic carbocycles. The van der Waals surface area contributed by atoms with Crippen molar-refractivity contribution in [1.29, 1.82) is 0 Å². The third kappa shape index (κ3) is 3.40. The van der Waals surface area contributed by atoms with Gasteiger partial charge in [-0.2, -0.15) is 0 Å². The first-order valence-electron chi connectivity index (χ1n) is 5.99. The van der Waals surface area contributed by atoms with Crippen LogP contribution in [0, 0.1) is 23.0 Å². The smallest absolute Gasteiger partial charge is 0.290 e. The van der Waals surface area contributed by atoms with Gasteiger partial charge in [-0.25, -0.2) is 4.98 Å². The normalized spacial score (nSPS) is 14.0. The Bertz CT molecular complexity index is 423. The van der Waals surface area contributed by atoms with E-state index in [9.17, 15) is 15.2 Å². The van der Waals surface area contributed by atoms with Crippen molar-refractivity contribution in [3.05, 3.63) is 27.9 Å². The molecule has 0 aliphatic heterocycles. The molecule has 6 nitrogen and oxygen atoms in total. The molecule has 2 N–H and O–H groups in total. The second-order valence-corrected chi connectivity index (χ2v) is 4.38. The lowest BCUT2D eigenvalue weighted by Crippen LogP contribution is -2.31. The van der Waals surface area contributed by atoms with Crippen molar-refractivity contribution in [2.75, 3.05) is 11.9 Å². The van der Waals surface area contributed by atoms with E-state index in [2.05, 4.69) is 10.3 Å². The molecule has 0 saturated heterocycles. The summed E-state index contributed by atoms with van der Waals surface area (Å²) in [5.74, 6) is 0.852. The van der Waals surface area contributed by atoms with E-state index in [1.54, 1.807) is 13.0 Å². The Morgan fingerprint density at radius 2 is 2.22 bits per heavy atom. The number of anilines is 1. The first kappa shape index (κ1) is 14.4. The predicted molar refractivity (Wildman–Crippen MR) is 69.6 cm³/mol. The molecule has 6 heteroatoms. The molecule has 0 aliphatic rings. The van der Waals surface area contributed by atoms with Crippen LogP contribution in [0.4, 0.5) is 11.5 Å². The Kier molecular flexibility index (Phi) is 5.03. The van der Waals surface area contributed by atoms with Crippen LogP contribution >= 0.6 is 0 Å². The summed E-state index contributed by atoms with van der Waals surface area (Å²) in [5.41, 5.74) is 0.371. The molecule has 0 saturated carbocycles. The number of nitrogens with one attached hydrogen (secondary N) is 1. The van der Waals surface area contributed by atoms with Gasteiger partial charge in [0.15, 0.2) is 0 Å². The maximum absolute atomic E-state index is 10.7. The number of hydrogen-bond acceptors (Lipinski definition) is 5. The largest absolute Gasteiger partial charge is 0.394 e. The molecule has 1 rings (SSSR count). The summed E-state index contributed by atoms with van der Waals surface area (Å²) in [6, 6.07) is 2.90. The van der Waals surface area contributed by atoms with E-state index >= 15 is 0 Å². The summed E-state index contributed by atoms with van der Waals surface area (Å²) < 4.78 is 0. The van der Waals surface area contributed by atoms with Gasteiger partial charge in [-0.15, -0.1) is 0 Å². The highest BCUT2D eigenvalue weighted by molar-refractivity contribution is 5.45. The Hall–Kier alpha value is -1.69. The van der Waals surface area contributed by atoms with E-state index in [4.69, 9.17) is 0 Å². The summed E-state index contributed by atoms with van der Waals surface area (Å²) in [7, 11) is 0. The summed E-state index contributed by atoms with van der Waals surface area (Å²) in [6.45, 7) is 5.68. The van der Waals surface area contributed by atoms with Gasteiger partial charge in [-0.05, 0) is 18.9 Å². The highest BCUT2D eigenvalue weighted by atomic mass is 16.6. The molecule has 0 radical (unpaired) electrons. The van der Waals surface area contributed by atoms with Gasteiger partial charge in [0.2, 0.25) is 0 Å². The quantitative estimate of drug-likeness (QED) is 0.598. The fourth-order valence-corrected chi connectivity index (χ4v) is 1.67. The van der Waals surface area contributed by atoms with E-state index < -0.39 is 4.92 Å². The Morgan fingerprint density at radius 1 is 1.56 bits per heavy atom. The average molecular weight is 253 g/mol. The summed E-state index contributed by atoms with van der Waals surface area (Å²) >= 11 is 0. The number of aliphatic hydroxyl groups is 1. The van der Waals surface area contributed by atoms with E-state index in [-0.39, 0.29) is 18.3 Å². The molecule has 1 aromatic rings. The van der Waals surface area contributed by atoms with Crippen molar-refractivity contribution < 1.29 is 10.0 Å². The van der Waals surface area contributed by atoms with Gasteiger partial charge in [-0.1, -0.05) is 20.3 Å². The Morgan fingerprint density at radius 3 is 2.67 bits per heavy atom. The van der Waals surface area contributed by atoms with Gasteiger partial charge in [0.25, 0.3) is 5.69 Å². The number of aliphatic hydroxyl groups excluding tert-OH is 1. The van der Waals surface area contributed by atoms with E-state index in [0.717, 1.165) is 6.42 Å². The van der Waals surface area contributed by atoms with Crippen LogP contribution in [-0.4, -0.2) is 27.7 Å². The lowest BCUT2D eigenvalue weighted by atomic mass is 10.00. The minimum absolute atomic E-state index is 0.00429. The van der Waals surface area contributed by atoms with Crippen LogP contribution < -0.4 is 5.32 Å². The number of nitro groups is 1. The minimum Gasteiger partial charge on any atom is -0.394 e. The van der Waals surface area contributed by atoms with Gasteiger partial charge in [0.05, 0.1) is 17.6 Å². The average Bonchev–Trinajstić information content (AvgIpc) is 2.34. The molecule has 0 aliphatic carbocycles. The lowest BCUT2D eigenvalue weighted by Gasteiger charge is -2.22.